The van der Waals surface area contributed by atoms with Crippen LogP contribution >= 0.6 is 11.6 Å². The molecule has 0 aromatic carbocycles. The lowest BCUT2D eigenvalue weighted by molar-refractivity contribution is -0.137. The highest BCUT2D eigenvalue weighted by molar-refractivity contribution is 6.32. The summed E-state index contributed by atoms with van der Waals surface area (Å²) in [7, 11) is 0. The molecular weight excluding hydrogens is 295 g/mol. The predicted octanol–water partition coefficient (Wildman–Crippen LogP) is 2.99. The van der Waals surface area contributed by atoms with Crippen LogP contribution in [0, 0.1) is 0 Å². The van der Waals surface area contributed by atoms with Gasteiger partial charge in [-0.2, -0.15) is 18.3 Å². The molecule has 0 amide bonds. The second kappa shape index (κ2) is 5.41. The van der Waals surface area contributed by atoms with Crippen molar-refractivity contribution in [2.45, 2.75) is 26.1 Å². The van der Waals surface area contributed by atoms with E-state index in [1.54, 1.807) is 0 Å². The van der Waals surface area contributed by atoms with Crippen LogP contribution in [0.3, 0.4) is 0 Å². The molecule has 0 aliphatic carbocycles. The molecule has 0 fully saturated rings. The highest BCUT2D eigenvalue weighted by Crippen LogP contribution is 2.32. The Labute approximate surface area is 117 Å². The van der Waals surface area contributed by atoms with Crippen molar-refractivity contribution in [1.82, 2.24) is 14.8 Å². The summed E-state index contributed by atoms with van der Waals surface area (Å²) in [5, 5.41) is 13.0. The zero-order chi connectivity index (χ0) is 14.9. The molecule has 0 atom stereocenters. The Bertz CT molecular complexity index is 625. The Balaban J connectivity index is 2.52. The maximum atomic E-state index is 12.6. The zero-order valence-electron chi connectivity index (χ0n) is 10.4. The van der Waals surface area contributed by atoms with Gasteiger partial charge in [0, 0.05) is 11.8 Å². The van der Waals surface area contributed by atoms with E-state index in [2.05, 4.69) is 10.1 Å². The molecule has 2 aromatic heterocycles. The summed E-state index contributed by atoms with van der Waals surface area (Å²) in [5.41, 5.74) is 0.325. The first-order valence-electron chi connectivity index (χ1n) is 5.78. The van der Waals surface area contributed by atoms with E-state index < -0.39 is 11.7 Å². The zero-order valence-corrected chi connectivity index (χ0v) is 11.2. The van der Waals surface area contributed by atoms with Crippen molar-refractivity contribution in [2.24, 2.45) is 0 Å². The highest BCUT2D eigenvalue weighted by Gasteiger charge is 2.32. The number of halogens is 4. The molecule has 0 aliphatic rings. The van der Waals surface area contributed by atoms with E-state index in [-0.39, 0.29) is 17.4 Å². The molecule has 0 saturated heterocycles. The Hall–Kier alpha value is -1.60. The largest absolute Gasteiger partial charge is 0.417 e. The number of pyridine rings is 1. The van der Waals surface area contributed by atoms with E-state index in [4.69, 9.17) is 11.6 Å². The first kappa shape index (κ1) is 14.8. The lowest BCUT2D eigenvalue weighted by Gasteiger charge is -2.11. The highest BCUT2D eigenvalue weighted by atomic mass is 35.5. The van der Waals surface area contributed by atoms with Gasteiger partial charge in [0.1, 0.15) is 0 Å². The van der Waals surface area contributed by atoms with Gasteiger partial charge in [0.05, 0.1) is 29.1 Å². The third kappa shape index (κ3) is 2.64. The lowest BCUT2D eigenvalue weighted by Crippen LogP contribution is -2.10. The van der Waals surface area contributed by atoms with Crippen LogP contribution in [0.2, 0.25) is 5.02 Å². The molecule has 0 saturated carbocycles. The molecule has 2 aromatic rings. The number of rotatable bonds is 3. The van der Waals surface area contributed by atoms with E-state index in [0.29, 0.717) is 23.9 Å². The quantitative estimate of drug-likeness (QED) is 0.948. The minimum absolute atomic E-state index is 0.108. The van der Waals surface area contributed by atoms with Crippen LogP contribution in [-0.2, 0) is 19.2 Å². The molecule has 0 bridgehead atoms. The third-order valence-electron chi connectivity index (χ3n) is 2.81. The molecule has 0 spiro atoms. The number of nitrogens with zero attached hydrogens (tertiary/aromatic N) is 3. The van der Waals surface area contributed by atoms with E-state index in [0.717, 1.165) is 6.07 Å². The molecule has 2 rings (SSSR count). The third-order valence-corrected chi connectivity index (χ3v) is 3.09. The fraction of sp³-hybridized carbons (Fsp3) is 0.333. The molecule has 8 heteroatoms. The Morgan fingerprint density at radius 2 is 2.05 bits per heavy atom. The van der Waals surface area contributed by atoms with Gasteiger partial charge in [-0.05, 0) is 12.5 Å². The van der Waals surface area contributed by atoms with Crippen molar-refractivity contribution < 1.29 is 18.3 Å². The first-order valence-corrected chi connectivity index (χ1v) is 6.16. The summed E-state index contributed by atoms with van der Waals surface area (Å²) in [4.78, 5) is 3.74. The van der Waals surface area contributed by atoms with Crippen LogP contribution in [0.1, 0.15) is 23.7 Å². The minimum atomic E-state index is -4.50. The van der Waals surface area contributed by atoms with Gasteiger partial charge in [-0.3, -0.25) is 0 Å². The van der Waals surface area contributed by atoms with Crippen molar-refractivity contribution in [3.63, 3.8) is 0 Å². The molecular formula is C12H11ClF3N3O. The van der Waals surface area contributed by atoms with Crippen molar-refractivity contribution in [3.8, 4) is 5.82 Å². The standard InChI is InChI=1S/C12H11ClF3N3O/c1-2-10-7(6-20)4-18-19(10)11-9(13)3-8(5-17-11)12(14,15)16/h3-5,20H,2,6H2,1H3. The van der Waals surface area contributed by atoms with E-state index in [1.165, 1.54) is 10.9 Å². The van der Waals surface area contributed by atoms with Gasteiger partial charge < -0.3 is 5.11 Å². The van der Waals surface area contributed by atoms with Crippen molar-refractivity contribution in [1.29, 1.82) is 0 Å². The number of hydrogen-bond acceptors (Lipinski definition) is 3. The van der Waals surface area contributed by atoms with E-state index in [1.807, 2.05) is 6.92 Å². The van der Waals surface area contributed by atoms with Gasteiger partial charge in [0.2, 0.25) is 0 Å². The van der Waals surface area contributed by atoms with Gasteiger partial charge in [0.15, 0.2) is 5.82 Å². The summed E-state index contributed by atoms with van der Waals surface area (Å²) in [6, 6.07) is 0.809. The average Bonchev–Trinajstić information content (AvgIpc) is 2.80. The number of aromatic nitrogens is 3. The smallest absolute Gasteiger partial charge is 0.392 e. The van der Waals surface area contributed by atoms with Gasteiger partial charge in [-0.15, -0.1) is 0 Å². The normalized spacial score (nSPS) is 11.9. The fourth-order valence-electron chi connectivity index (χ4n) is 1.84. The molecule has 0 unspecified atom stereocenters. The fourth-order valence-corrected chi connectivity index (χ4v) is 2.09. The molecule has 2 heterocycles. The van der Waals surface area contributed by atoms with Crippen molar-refractivity contribution in [3.05, 3.63) is 40.3 Å². The molecule has 0 aliphatic heterocycles. The Morgan fingerprint density at radius 3 is 2.55 bits per heavy atom. The van der Waals surface area contributed by atoms with Crippen molar-refractivity contribution >= 4 is 11.6 Å². The average molecular weight is 306 g/mol. The summed E-state index contributed by atoms with van der Waals surface area (Å²) < 4.78 is 39.0. The van der Waals surface area contributed by atoms with E-state index in [9.17, 15) is 18.3 Å². The predicted molar refractivity (Wildman–Crippen MR) is 66.7 cm³/mol. The first-order chi connectivity index (χ1) is 9.38. The van der Waals surface area contributed by atoms with Crippen LogP contribution in [0.4, 0.5) is 13.2 Å². The van der Waals surface area contributed by atoms with Gasteiger partial charge in [0.25, 0.3) is 0 Å². The van der Waals surface area contributed by atoms with Crippen LogP contribution in [0.15, 0.2) is 18.5 Å². The topological polar surface area (TPSA) is 50.9 Å². The number of aliphatic hydroxyl groups excluding tert-OH is 1. The monoisotopic (exact) mass is 305 g/mol. The number of aliphatic hydroxyl groups is 1. The molecule has 4 nitrogen and oxygen atoms in total. The van der Waals surface area contributed by atoms with Gasteiger partial charge in [-0.25, -0.2) is 9.67 Å². The number of alkyl halides is 3. The molecule has 0 radical (unpaired) electrons. The summed E-state index contributed by atoms with van der Waals surface area (Å²) in [6.07, 6.45) is -1.81. The molecule has 108 valence electrons. The minimum Gasteiger partial charge on any atom is -0.392 e. The maximum Gasteiger partial charge on any atom is 0.417 e. The lowest BCUT2D eigenvalue weighted by atomic mass is 10.2. The van der Waals surface area contributed by atoms with Crippen LogP contribution in [0.5, 0.6) is 0 Å². The second-order valence-electron chi connectivity index (χ2n) is 4.07. The second-order valence-corrected chi connectivity index (χ2v) is 4.47. The SMILES string of the molecule is CCc1c(CO)cnn1-c1ncc(C(F)(F)F)cc1Cl. The summed E-state index contributed by atoms with van der Waals surface area (Å²) >= 11 is 5.87. The summed E-state index contributed by atoms with van der Waals surface area (Å²) in [6.45, 7) is 1.63. The van der Waals surface area contributed by atoms with Crippen LogP contribution < -0.4 is 0 Å². The molecule has 1 N–H and O–H groups in total. The number of hydrogen-bond donors (Lipinski definition) is 1. The maximum absolute atomic E-state index is 12.6. The van der Waals surface area contributed by atoms with Crippen LogP contribution in [0.25, 0.3) is 5.82 Å². The van der Waals surface area contributed by atoms with Crippen molar-refractivity contribution in [2.75, 3.05) is 0 Å². The summed E-state index contributed by atoms with van der Waals surface area (Å²) in [5.74, 6) is 0.108. The molecule has 20 heavy (non-hydrogen) atoms. The Morgan fingerprint density at radius 1 is 1.35 bits per heavy atom. The van der Waals surface area contributed by atoms with Crippen LogP contribution in [-0.4, -0.2) is 19.9 Å². The van der Waals surface area contributed by atoms with Gasteiger partial charge in [-0.1, -0.05) is 18.5 Å². The van der Waals surface area contributed by atoms with Gasteiger partial charge >= 0.3 is 6.18 Å². The van der Waals surface area contributed by atoms with E-state index >= 15 is 0 Å². The Kier molecular flexibility index (Phi) is 4.01.